The lowest BCUT2D eigenvalue weighted by Gasteiger charge is -2.33. The Labute approximate surface area is 203 Å². The SMILES string of the molecule is C=CC(=O)Nc1ccc(C(=O)N2CCCC(Nc3cc(-c4ccccc4)c4nccn4n3)C2)cc1. The molecule has 1 atom stereocenters. The fraction of sp³-hybridized carbons (Fsp3) is 0.185. The zero-order valence-electron chi connectivity index (χ0n) is 19.2. The van der Waals surface area contributed by atoms with E-state index in [0.717, 1.165) is 35.4 Å². The highest BCUT2D eigenvalue weighted by Crippen LogP contribution is 2.26. The van der Waals surface area contributed by atoms with Crippen molar-refractivity contribution in [2.45, 2.75) is 18.9 Å². The van der Waals surface area contributed by atoms with E-state index in [1.807, 2.05) is 35.4 Å². The van der Waals surface area contributed by atoms with Gasteiger partial charge in [0.2, 0.25) is 5.91 Å². The molecule has 8 heteroatoms. The summed E-state index contributed by atoms with van der Waals surface area (Å²) in [5.41, 5.74) is 4.09. The molecule has 35 heavy (non-hydrogen) atoms. The van der Waals surface area contributed by atoms with E-state index in [1.165, 1.54) is 6.08 Å². The number of imidazole rings is 1. The highest BCUT2D eigenvalue weighted by atomic mass is 16.2. The quantitative estimate of drug-likeness (QED) is 0.415. The lowest BCUT2D eigenvalue weighted by molar-refractivity contribution is -0.111. The second kappa shape index (κ2) is 9.80. The van der Waals surface area contributed by atoms with Crippen LogP contribution in [0.5, 0.6) is 0 Å². The topological polar surface area (TPSA) is 91.6 Å². The summed E-state index contributed by atoms with van der Waals surface area (Å²) in [7, 11) is 0. The van der Waals surface area contributed by atoms with Crippen molar-refractivity contribution in [2.75, 3.05) is 23.7 Å². The Morgan fingerprint density at radius 2 is 1.89 bits per heavy atom. The molecular formula is C27H26N6O2. The summed E-state index contributed by atoms with van der Waals surface area (Å²) < 4.78 is 1.78. The maximum Gasteiger partial charge on any atom is 0.253 e. The molecular weight excluding hydrogens is 440 g/mol. The van der Waals surface area contributed by atoms with Gasteiger partial charge in [-0.3, -0.25) is 9.59 Å². The Morgan fingerprint density at radius 1 is 1.09 bits per heavy atom. The smallest absolute Gasteiger partial charge is 0.253 e. The molecule has 0 aliphatic carbocycles. The molecule has 1 fully saturated rings. The van der Waals surface area contributed by atoms with E-state index in [2.05, 4.69) is 39.4 Å². The van der Waals surface area contributed by atoms with Gasteiger partial charge in [0.05, 0.1) is 0 Å². The summed E-state index contributed by atoms with van der Waals surface area (Å²) in [6, 6.07) is 19.1. The predicted molar refractivity (Wildman–Crippen MR) is 136 cm³/mol. The van der Waals surface area contributed by atoms with E-state index in [1.54, 1.807) is 35.0 Å². The molecule has 1 aliphatic rings. The number of rotatable bonds is 6. The molecule has 5 rings (SSSR count). The third-order valence-corrected chi connectivity index (χ3v) is 6.09. The number of carbonyl (C=O) groups excluding carboxylic acids is 2. The van der Waals surface area contributed by atoms with Crippen LogP contribution >= 0.6 is 0 Å². The van der Waals surface area contributed by atoms with Crippen LogP contribution < -0.4 is 10.6 Å². The van der Waals surface area contributed by atoms with Crippen molar-refractivity contribution in [3.8, 4) is 11.1 Å². The van der Waals surface area contributed by atoms with Gasteiger partial charge in [0.15, 0.2) is 5.65 Å². The normalized spacial score (nSPS) is 15.5. The summed E-state index contributed by atoms with van der Waals surface area (Å²) in [6.45, 7) is 4.73. The van der Waals surface area contributed by atoms with Gasteiger partial charge in [0.25, 0.3) is 5.91 Å². The van der Waals surface area contributed by atoms with Crippen LogP contribution in [0.2, 0.25) is 0 Å². The van der Waals surface area contributed by atoms with Crippen molar-refractivity contribution >= 4 is 29.0 Å². The first-order valence-electron chi connectivity index (χ1n) is 11.6. The minimum atomic E-state index is -0.285. The van der Waals surface area contributed by atoms with Crippen LogP contribution in [-0.4, -0.2) is 50.4 Å². The molecule has 1 aliphatic heterocycles. The Bertz CT molecular complexity index is 1360. The molecule has 0 saturated carbocycles. The molecule has 0 radical (unpaired) electrons. The number of nitrogens with one attached hydrogen (secondary N) is 2. The third-order valence-electron chi connectivity index (χ3n) is 6.09. The monoisotopic (exact) mass is 466 g/mol. The highest BCUT2D eigenvalue weighted by molar-refractivity contribution is 5.99. The van der Waals surface area contributed by atoms with Gasteiger partial charge in [0.1, 0.15) is 5.82 Å². The van der Waals surface area contributed by atoms with Crippen molar-refractivity contribution in [1.29, 1.82) is 0 Å². The number of aromatic nitrogens is 3. The van der Waals surface area contributed by atoms with Crippen molar-refractivity contribution in [2.24, 2.45) is 0 Å². The van der Waals surface area contributed by atoms with Crippen LogP contribution in [-0.2, 0) is 4.79 Å². The number of hydrogen-bond acceptors (Lipinski definition) is 5. The summed E-state index contributed by atoms with van der Waals surface area (Å²) in [6.07, 6.45) is 6.64. The van der Waals surface area contributed by atoms with Gasteiger partial charge in [-0.05, 0) is 54.8 Å². The molecule has 2 amide bonds. The number of amides is 2. The number of likely N-dealkylation sites (tertiary alicyclic amines) is 1. The fourth-order valence-electron chi connectivity index (χ4n) is 4.38. The molecule has 0 bridgehead atoms. The average molecular weight is 467 g/mol. The Morgan fingerprint density at radius 3 is 2.66 bits per heavy atom. The minimum Gasteiger partial charge on any atom is -0.364 e. The lowest BCUT2D eigenvalue weighted by atomic mass is 10.0. The summed E-state index contributed by atoms with van der Waals surface area (Å²) in [5.74, 6) is 0.434. The van der Waals surface area contributed by atoms with Gasteiger partial charge in [-0.15, -0.1) is 5.10 Å². The van der Waals surface area contributed by atoms with Crippen molar-refractivity contribution in [3.63, 3.8) is 0 Å². The Kier molecular flexibility index (Phi) is 6.26. The second-order valence-electron chi connectivity index (χ2n) is 8.51. The Balaban J connectivity index is 1.30. The van der Waals surface area contributed by atoms with Crippen LogP contribution in [0.1, 0.15) is 23.2 Å². The van der Waals surface area contributed by atoms with Crippen LogP contribution in [0.3, 0.4) is 0 Å². The molecule has 1 unspecified atom stereocenters. The van der Waals surface area contributed by atoms with E-state index in [0.29, 0.717) is 24.3 Å². The number of hydrogen-bond donors (Lipinski definition) is 2. The number of fused-ring (bicyclic) bond motifs is 1. The average Bonchev–Trinajstić information content (AvgIpc) is 3.37. The van der Waals surface area contributed by atoms with E-state index in [-0.39, 0.29) is 17.9 Å². The van der Waals surface area contributed by atoms with Crippen LogP contribution in [0.15, 0.2) is 85.7 Å². The van der Waals surface area contributed by atoms with Crippen LogP contribution in [0, 0.1) is 0 Å². The second-order valence-corrected chi connectivity index (χ2v) is 8.51. The third kappa shape index (κ3) is 4.91. The Hall–Kier alpha value is -4.46. The number of piperidine rings is 1. The van der Waals surface area contributed by atoms with Crippen molar-refractivity contribution in [3.05, 3.63) is 91.3 Å². The van der Waals surface area contributed by atoms with E-state index in [4.69, 9.17) is 0 Å². The first-order valence-corrected chi connectivity index (χ1v) is 11.6. The number of anilines is 2. The molecule has 8 nitrogen and oxygen atoms in total. The van der Waals surface area contributed by atoms with Crippen molar-refractivity contribution < 1.29 is 9.59 Å². The molecule has 176 valence electrons. The van der Waals surface area contributed by atoms with Gasteiger partial charge >= 0.3 is 0 Å². The molecule has 4 aromatic rings. The van der Waals surface area contributed by atoms with Gasteiger partial charge in [-0.1, -0.05) is 36.9 Å². The first kappa shape index (κ1) is 22.3. The predicted octanol–water partition coefficient (Wildman–Crippen LogP) is 4.24. The van der Waals surface area contributed by atoms with E-state index in [9.17, 15) is 9.59 Å². The van der Waals surface area contributed by atoms with Gasteiger partial charge in [0, 0.05) is 48.3 Å². The maximum absolute atomic E-state index is 13.1. The zero-order chi connectivity index (χ0) is 24.2. The van der Waals surface area contributed by atoms with Gasteiger partial charge < -0.3 is 15.5 Å². The number of nitrogens with zero attached hydrogens (tertiary/aromatic N) is 4. The van der Waals surface area contributed by atoms with Gasteiger partial charge in [-0.25, -0.2) is 9.50 Å². The summed E-state index contributed by atoms with van der Waals surface area (Å²) in [4.78, 5) is 30.9. The van der Waals surface area contributed by atoms with Crippen molar-refractivity contribution in [1.82, 2.24) is 19.5 Å². The number of benzene rings is 2. The molecule has 2 aromatic heterocycles. The zero-order valence-corrected chi connectivity index (χ0v) is 19.2. The van der Waals surface area contributed by atoms with E-state index >= 15 is 0 Å². The van der Waals surface area contributed by atoms with Crippen LogP contribution in [0.4, 0.5) is 11.5 Å². The molecule has 3 heterocycles. The van der Waals surface area contributed by atoms with E-state index < -0.39 is 0 Å². The minimum absolute atomic E-state index is 0.0268. The first-order chi connectivity index (χ1) is 17.1. The lowest BCUT2D eigenvalue weighted by Crippen LogP contribution is -2.45. The molecule has 1 saturated heterocycles. The largest absolute Gasteiger partial charge is 0.364 e. The summed E-state index contributed by atoms with van der Waals surface area (Å²) in [5, 5.41) is 10.9. The molecule has 2 aromatic carbocycles. The molecule has 2 N–H and O–H groups in total. The molecule has 0 spiro atoms. The summed E-state index contributed by atoms with van der Waals surface area (Å²) >= 11 is 0. The maximum atomic E-state index is 13.1. The highest BCUT2D eigenvalue weighted by Gasteiger charge is 2.25. The van der Waals surface area contributed by atoms with Crippen LogP contribution in [0.25, 0.3) is 16.8 Å². The van der Waals surface area contributed by atoms with Gasteiger partial charge in [-0.2, -0.15) is 0 Å². The standard InChI is InChI=1S/C27H26N6O2/c1-2-25(34)30-21-12-10-20(11-13-21)27(35)32-15-6-9-22(18-32)29-24-17-23(19-7-4-3-5-8-19)26-28-14-16-33(26)31-24/h2-5,7-8,10-14,16-17,22H,1,6,9,15,18H2,(H,29,31)(H,30,34). The fourth-order valence-corrected chi connectivity index (χ4v) is 4.38. The number of carbonyl (C=O) groups is 2.